The number of rotatable bonds is 2. The first kappa shape index (κ1) is 29.0. The molecule has 1 spiro atoms. The van der Waals surface area contributed by atoms with Crippen molar-refractivity contribution in [3.05, 3.63) is 190 Å². The fourth-order valence-corrected chi connectivity index (χ4v) is 12.1. The highest BCUT2D eigenvalue weighted by atomic mass is 32.1. The first-order chi connectivity index (χ1) is 25.6. The minimum atomic E-state index is -0.406. The maximum Gasteiger partial charge on any atom is 0.0771 e. The Labute approximate surface area is 310 Å². The molecule has 6 aromatic carbocycles. The molecule has 0 unspecified atom stereocenters. The largest absolute Gasteiger partial charge is 0.310 e. The highest BCUT2D eigenvalue weighted by molar-refractivity contribution is 7.21. The lowest BCUT2D eigenvalue weighted by atomic mass is 9.64. The van der Waals surface area contributed by atoms with Crippen LogP contribution in [0, 0.1) is 0 Å². The van der Waals surface area contributed by atoms with Gasteiger partial charge in [0.15, 0.2) is 0 Å². The number of hydrogen-bond acceptors (Lipinski definition) is 3. The van der Waals surface area contributed by atoms with E-state index in [1.165, 1.54) is 98.8 Å². The standard InChI is InChI=1S/C48H32N2S2/c1-47(2)35-16-8-6-14-31(35)33-27-40-44(28-39(33)47)50(43-19-11-9-17-36(43)48(40)37-22-24-51-45(37)46-38(48)23-25-52-46)30-20-21-42-34(26-30)32-15-7-10-18-41(32)49(42)29-12-4-3-5-13-29/h3-28H,1-2H3. The second kappa shape index (κ2) is 10.0. The number of thiophene rings is 2. The molecular formula is C48H32N2S2. The third-order valence-corrected chi connectivity index (χ3v) is 14.2. The van der Waals surface area contributed by atoms with Crippen LogP contribution >= 0.6 is 22.7 Å². The summed E-state index contributed by atoms with van der Waals surface area (Å²) in [5.74, 6) is 0. The Morgan fingerprint density at radius 3 is 1.92 bits per heavy atom. The first-order valence-corrected chi connectivity index (χ1v) is 19.8. The average molecular weight is 701 g/mol. The summed E-state index contributed by atoms with van der Waals surface area (Å²) in [6.45, 7) is 4.80. The zero-order valence-corrected chi connectivity index (χ0v) is 30.4. The number of anilines is 3. The molecule has 3 aliphatic rings. The van der Waals surface area contributed by atoms with Crippen molar-refractivity contribution in [3.8, 4) is 26.6 Å². The van der Waals surface area contributed by atoms with Gasteiger partial charge in [-0.1, -0.05) is 92.7 Å². The van der Waals surface area contributed by atoms with E-state index in [1.54, 1.807) is 0 Å². The molecule has 0 amide bonds. The monoisotopic (exact) mass is 700 g/mol. The van der Waals surface area contributed by atoms with E-state index in [0.29, 0.717) is 0 Å². The molecule has 0 radical (unpaired) electrons. The van der Waals surface area contributed by atoms with Gasteiger partial charge in [0.05, 0.1) is 27.8 Å². The Kier molecular flexibility index (Phi) is 5.57. The van der Waals surface area contributed by atoms with Crippen LogP contribution in [0.3, 0.4) is 0 Å². The Morgan fingerprint density at radius 1 is 0.442 bits per heavy atom. The first-order valence-electron chi connectivity index (χ1n) is 18.0. The van der Waals surface area contributed by atoms with Crippen molar-refractivity contribution in [2.75, 3.05) is 4.90 Å². The van der Waals surface area contributed by atoms with Gasteiger partial charge in [0.2, 0.25) is 0 Å². The van der Waals surface area contributed by atoms with Crippen molar-refractivity contribution in [3.63, 3.8) is 0 Å². The van der Waals surface area contributed by atoms with Gasteiger partial charge >= 0.3 is 0 Å². The van der Waals surface area contributed by atoms with Gasteiger partial charge in [0.1, 0.15) is 0 Å². The van der Waals surface area contributed by atoms with Crippen LogP contribution in [0.25, 0.3) is 48.4 Å². The highest BCUT2D eigenvalue weighted by Crippen LogP contribution is 2.67. The molecule has 0 bridgehead atoms. The molecule has 2 aliphatic carbocycles. The molecule has 0 fully saturated rings. The third kappa shape index (κ3) is 3.40. The minimum absolute atomic E-state index is 0.124. The second-order valence-corrected chi connectivity index (χ2v) is 16.7. The molecule has 2 nitrogen and oxygen atoms in total. The number of fused-ring (bicyclic) bond motifs is 15. The number of hydrogen-bond donors (Lipinski definition) is 0. The lowest BCUT2D eigenvalue weighted by molar-refractivity contribution is 0.658. The van der Waals surface area contributed by atoms with Crippen LogP contribution in [-0.2, 0) is 10.8 Å². The van der Waals surface area contributed by atoms with Crippen molar-refractivity contribution >= 4 is 61.5 Å². The summed E-state index contributed by atoms with van der Waals surface area (Å²) < 4.78 is 2.41. The van der Waals surface area contributed by atoms with Crippen molar-refractivity contribution in [2.45, 2.75) is 24.7 Å². The zero-order valence-electron chi connectivity index (χ0n) is 28.7. The summed E-state index contributed by atoms with van der Waals surface area (Å²) in [4.78, 5) is 5.39. The molecule has 4 heterocycles. The summed E-state index contributed by atoms with van der Waals surface area (Å²) in [6.07, 6.45) is 0. The maximum atomic E-state index is 2.58. The summed E-state index contributed by atoms with van der Waals surface area (Å²) in [5, 5.41) is 7.11. The molecule has 3 aromatic heterocycles. The van der Waals surface area contributed by atoms with E-state index in [-0.39, 0.29) is 5.41 Å². The van der Waals surface area contributed by atoms with Gasteiger partial charge in [0.25, 0.3) is 0 Å². The van der Waals surface area contributed by atoms with E-state index in [1.807, 2.05) is 22.7 Å². The van der Waals surface area contributed by atoms with Crippen LogP contribution in [0.4, 0.5) is 17.1 Å². The number of para-hydroxylation sites is 3. The van der Waals surface area contributed by atoms with Crippen LogP contribution in [0.15, 0.2) is 156 Å². The number of nitrogens with zero attached hydrogens (tertiary/aromatic N) is 2. The van der Waals surface area contributed by atoms with Crippen molar-refractivity contribution in [2.24, 2.45) is 0 Å². The second-order valence-electron chi connectivity index (χ2n) is 14.9. The molecule has 0 atom stereocenters. The maximum absolute atomic E-state index is 2.58. The van der Waals surface area contributed by atoms with Gasteiger partial charge in [-0.25, -0.2) is 0 Å². The lowest BCUT2D eigenvalue weighted by Crippen LogP contribution is -2.36. The van der Waals surface area contributed by atoms with Gasteiger partial charge in [-0.2, -0.15) is 0 Å². The average Bonchev–Trinajstić information content (AvgIpc) is 4.00. The van der Waals surface area contributed by atoms with Gasteiger partial charge in [0, 0.05) is 37.3 Å². The van der Waals surface area contributed by atoms with Crippen molar-refractivity contribution in [1.82, 2.24) is 4.57 Å². The van der Waals surface area contributed by atoms with E-state index < -0.39 is 5.41 Å². The molecule has 246 valence electrons. The number of aromatic nitrogens is 1. The quantitative estimate of drug-likeness (QED) is 0.174. The Hall–Kier alpha value is -5.68. The Bertz CT molecular complexity index is 2910. The molecule has 0 saturated heterocycles. The molecule has 1 aliphatic heterocycles. The highest BCUT2D eigenvalue weighted by Gasteiger charge is 2.54. The van der Waals surface area contributed by atoms with Crippen LogP contribution < -0.4 is 4.90 Å². The number of benzene rings is 6. The fraction of sp³-hybridized carbons (Fsp3) is 0.0833. The molecule has 12 rings (SSSR count). The van der Waals surface area contributed by atoms with E-state index in [2.05, 4.69) is 180 Å². The van der Waals surface area contributed by atoms with Crippen molar-refractivity contribution in [1.29, 1.82) is 0 Å². The van der Waals surface area contributed by atoms with Crippen LogP contribution in [0.2, 0.25) is 0 Å². The van der Waals surface area contributed by atoms with Crippen LogP contribution in [-0.4, -0.2) is 4.57 Å². The lowest BCUT2D eigenvalue weighted by Gasteiger charge is -2.45. The predicted molar refractivity (Wildman–Crippen MR) is 220 cm³/mol. The van der Waals surface area contributed by atoms with Crippen LogP contribution in [0.5, 0.6) is 0 Å². The normalized spacial score (nSPS) is 15.4. The molecule has 9 aromatic rings. The van der Waals surface area contributed by atoms with Crippen molar-refractivity contribution < 1.29 is 0 Å². The summed E-state index contributed by atoms with van der Waals surface area (Å²) >= 11 is 3.77. The smallest absolute Gasteiger partial charge is 0.0771 e. The summed E-state index contributed by atoms with van der Waals surface area (Å²) in [7, 11) is 0. The molecular weight excluding hydrogens is 669 g/mol. The molecule has 0 N–H and O–H groups in total. The van der Waals surface area contributed by atoms with Gasteiger partial charge in [-0.15, -0.1) is 22.7 Å². The van der Waals surface area contributed by atoms with Gasteiger partial charge in [-0.05, 0) is 122 Å². The zero-order chi connectivity index (χ0) is 34.3. The van der Waals surface area contributed by atoms with E-state index in [4.69, 9.17) is 0 Å². The van der Waals surface area contributed by atoms with Gasteiger partial charge in [-0.3, -0.25) is 0 Å². The summed E-state index contributed by atoms with van der Waals surface area (Å²) in [5.41, 5.74) is 17.8. The fourth-order valence-electron chi connectivity index (χ4n) is 10.0. The molecule has 0 saturated carbocycles. The van der Waals surface area contributed by atoms with Gasteiger partial charge < -0.3 is 9.47 Å². The molecule has 52 heavy (non-hydrogen) atoms. The SMILES string of the molecule is CC1(C)c2ccccc2-c2cc3c(cc21)N(c1ccc2c(c1)c1ccccc1n2-c1ccccc1)c1ccccc1C31c2ccsc2-c2sccc21. The van der Waals surface area contributed by atoms with E-state index in [0.717, 1.165) is 0 Å². The van der Waals surface area contributed by atoms with E-state index in [9.17, 15) is 0 Å². The van der Waals surface area contributed by atoms with Crippen LogP contribution in [0.1, 0.15) is 47.2 Å². The predicted octanol–water partition coefficient (Wildman–Crippen LogP) is 13.4. The third-order valence-electron chi connectivity index (χ3n) is 12.2. The Balaban J connectivity index is 1.20. The topological polar surface area (TPSA) is 8.17 Å². The molecule has 4 heteroatoms. The van der Waals surface area contributed by atoms with E-state index >= 15 is 0 Å². The summed E-state index contributed by atoms with van der Waals surface area (Å²) in [6, 6.07) is 54.9. The minimum Gasteiger partial charge on any atom is -0.310 e. The Morgan fingerprint density at radius 2 is 1.12 bits per heavy atom.